The highest BCUT2D eigenvalue weighted by atomic mass is 15.3. The average Bonchev–Trinajstić information content (AvgIpc) is 2.59. The van der Waals surface area contributed by atoms with Crippen LogP contribution in [0.3, 0.4) is 0 Å². The Labute approximate surface area is 143 Å². The molecule has 1 heterocycles. The lowest BCUT2D eigenvalue weighted by atomic mass is 9.75. The first kappa shape index (κ1) is 18.5. The van der Waals surface area contributed by atoms with Crippen molar-refractivity contribution in [2.75, 3.05) is 26.2 Å². The molecule has 0 unspecified atom stereocenters. The zero-order chi connectivity index (χ0) is 16.7. The van der Waals surface area contributed by atoms with E-state index in [0.29, 0.717) is 5.41 Å². The number of benzene rings is 1. The predicted molar refractivity (Wildman–Crippen MR) is 101 cm³/mol. The van der Waals surface area contributed by atoms with E-state index in [9.17, 15) is 0 Å². The van der Waals surface area contributed by atoms with Crippen molar-refractivity contribution in [3.05, 3.63) is 35.9 Å². The highest BCUT2D eigenvalue weighted by Crippen LogP contribution is 2.37. The Morgan fingerprint density at radius 2 is 1.48 bits per heavy atom. The second-order valence-corrected chi connectivity index (χ2v) is 7.69. The summed E-state index contributed by atoms with van der Waals surface area (Å²) >= 11 is 0. The molecule has 0 spiro atoms. The lowest BCUT2D eigenvalue weighted by Crippen LogP contribution is -2.51. The number of hydrogen-bond acceptors (Lipinski definition) is 2. The zero-order valence-electron chi connectivity index (χ0n) is 15.7. The molecule has 2 nitrogen and oxygen atoms in total. The van der Waals surface area contributed by atoms with Gasteiger partial charge in [0.2, 0.25) is 0 Å². The average molecular weight is 317 g/mol. The van der Waals surface area contributed by atoms with Crippen molar-refractivity contribution in [3.63, 3.8) is 0 Å². The van der Waals surface area contributed by atoms with Crippen LogP contribution in [0.2, 0.25) is 0 Å². The summed E-state index contributed by atoms with van der Waals surface area (Å²) < 4.78 is 0. The number of hydrogen-bond donors (Lipinski definition) is 0. The van der Waals surface area contributed by atoms with E-state index in [4.69, 9.17) is 0 Å². The highest BCUT2D eigenvalue weighted by molar-refractivity contribution is 5.14. The van der Waals surface area contributed by atoms with Gasteiger partial charge in [0, 0.05) is 38.8 Å². The molecule has 3 rings (SSSR count). The molecular weight excluding hydrogens is 280 g/mol. The fourth-order valence-electron chi connectivity index (χ4n) is 3.88. The molecule has 0 amide bonds. The SMILES string of the molecule is CC.CC1(C)CCC(N2CCN(Cc3ccccc3)CC2)CC1. The molecule has 1 aliphatic heterocycles. The molecule has 0 aromatic heterocycles. The molecule has 0 atom stereocenters. The molecule has 1 aliphatic carbocycles. The Hall–Kier alpha value is -0.860. The van der Waals surface area contributed by atoms with Crippen molar-refractivity contribution in [1.82, 2.24) is 9.80 Å². The van der Waals surface area contributed by atoms with Gasteiger partial charge < -0.3 is 0 Å². The van der Waals surface area contributed by atoms with Crippen LogP contribution in [0.1, 0.15) is 58.9 Å². The largest absolute Gasteiger partial charge is 0.298 e. The molecule has 1 saturated heterocycles. The van der Waals surface area contributed by atoms with E-state index >= 15 is 0 Å². The summed E-state index contributed by atoms with van der Waals surface area (Å²) in [4.78, 5) is 5.37. The molecule has 0 N–H and O–H groups in total. The Morgan fingerprint density at radius 3 is 2.04 bits per heavy atom. The van der Waals surface area contributed by atoms with Crippen LogP contribution in [0.25, 0.3) is 0 Å². The first-order valence-corrected chi connectivity index (χ1v) is 9.63. The summed E-state index contributed by atoms with van der Waals surface area (Å²) in [6, 6.07) is 11.7. The van der Waals surface area contributed by atoms with E-state index in [-0.39, 0.29) is 0 Å². The molecule has 2 heteroatoms. The smallest absolute Gasteiger partial charge is 0.0234 e. The second kappa shape index (κ2) is 8.84. The van der Waals surface area contributed by atoms with E-state index in [1.54, 1.807) is 0 Å². The van der Waals surface area contributed by atoms with Crippen LogP contribution in [0, 0.1) is 5.41 Å². The molecule has 1 saturated carbocycles. The minimum atomic E-state index is 0.589. The minimum Gasteiger partial charge on any atom is -0.298 e. The van der Waals surface area contributed by atoms with Gasteiger partial charge in [-0.3, -0.25) is 9.80 Å². The molecule has 0 bridgehead atoms. The van der Waals surface area contributed by atoms with E-state index in [1.165, 1.54) is 57.4 Å². The van der Waals surface area contributed by atoms with E-state index in [1.807, 2.05) is 13.8 Å². The molecule has 130 valence electrons. The van der Waals surface area contributed by atoms with E-state index < -0.39 is 0 Å². The molecule has 1 aromatic carbocycles. The van der Waals surface area contributed by atoms with Crippen molar-refractivity contribution in [3.8, 4) is 0 Å². The summed E-state index contributed by atoms with van der Waals surface area (Å²) in [5.41, 5.74) is 2.04. The number of nitrogens with zero attached hydrogens (tertiary/aromatic N) is 2. The summed E-state index contributed by atoms with van der Waals surface area (Å²) in [7, 11) is 0. The fourth-order valence-corrected chi connectivity index (χ4v) is 3.88. The number of piperazine rings is 1. The van der Waals surface area contributed by atoms with Crippen molar-refractivity contribution in [1.29, 1.82) is 0 Å². The molecule has 2 fully saturated rings. The van der Waals surface area contributed by atoms with Gasteiger partial charge in [0.15, 0.2) is 0 Å². The van der Waals surface area contributed by atoms with Crippen molar-refractivity contribution in [2.24, 2.45) is 5.41 Å². The maximum atomic E-state index is 2.76. The third-order valence-corrected chi connectivity index (χ3v) is 5.48. The molecular formula is C21H36N2. The molecule has 23 heavy (non-hydrogen) atoms. The molecule has 1 aromatic rings. The fraction of sp³-hybridized carbons (Fsp3) is 0.714. The number of rotatable bonds is 3. The summed E-state index contributed by atoms with van der Waals surface area (Å²) in [5.74, 6) is 0. The maximum Gasteiger partial charge on any atom is 0.0234 e. The van der Waals surface area contributed by atoms with Crippen LogP contribution in [0.5, 0.6) is 0 Å². The standard InChI is InChI=1S/C19H30N2.C2H6/c1-19(2)10-8-18(9-11-19)21-14-12-20(13-15-21)16-17-6-4-3-5-7-17;1-2/h3-7,18H,8-16H2,1-2H3;1-2H3. The zero-order valence-corrected chi connectivity index (χ0v) is 15.7. The predicted octanol–water partition coefficient (Wildman–Crippen LogP) is 4.80. The van der Waals surface area contributed by atoms with Crippen molar-refractivity contribution in [2.45, 2.75) is 66.0 Å². The maximum absolute atomic E-state index is 2.76. The summed E-state index contributed by atoms with van der Waals surface area (Å²) in [5, 5.41) is 0. The third-order valence-electron chi connectivity index (χ3n) is 5.48. The van der Waals surface area contributed by atoms with Gasteiger partial charge in [-0.25, -0.2) is 0 Å². The van der Waals surface area contributed by atoms with Gasteiger partial charge in [0.25, 0.3) is 0 Å². The van der Waals surface area contributed by atoms with Gasteiger partial charge >= 0.3 is 0 Å². The highest BCUT2D eigenvalue weighted by Gasteiger charge is 2.31. The van der Waals surface area contributed by atoms with Crippen LogP contribution in [0.4, 0.5) is 0 Å². The van der Waals surface area contributed by atoms with E-state index in [0.717, 1.165) is 12.6 Å². The monoisotopic (exact) mass is 316 g/mol. The second-order valence-electron chi connectivity index (χ2n) is 7.69. The Bertz CT molecular complexity index is 422. The van der Waals surface area contributed by atoms with Crippen LogP contribution in [0.15, 0.2) is 30.3 Å². The van der Waals surface area contributed by atoms with Gasteiger partial charge in [-0.05, 0) is 36.7 Å². The Balaban J connectivity index is 0.000000924. The topological polar surface area (TPSA) is 6.48 Å². The van der Waals surface area contributed by atoms with Gasteiger partial charge in [-0.2, -0.15) is 0 Å². The van der Waals surface area contributed by atoms with Crippen LogP contribution in [-0.2, 0) is 6.54 Å². The first-order valence-electron chi connectivity index (χ1n) is 9.63. The lowest BCUT2D eigenvalue weighted by molar-refractivity contribution is 0.0548. The lowest BCUT2D eigenvalue weighted by Gasteiger charge is -2.43. The van der Waals surface area contributed by atoms with Crippen LogP contribution < -0.4 is 0 Å². The van der Waals surface area contributed by atoms with Gasteiger partial charge in [-0.1, -0.05) is 58.0 Å². The van der Waals surface area contributed by atoms with Crippen LogP contribution in [-0.4, -0.2) is 42.0 Å². The van der Waals surface area contributed by atoms with Gasteiger partial charge in [0.05, 0.1) is 0 Å². The first-order chi connectivity index (χ1) is 11.1. The van der Waals surface area contributed by atoms with Crippen molar-refractivity contribution < 1.29 is 0 Å². The Kier molecular flexibility index (Phi) is 7.10. The minimum absolute atomic E-state index is 0.589. The van der Waals surface area contributed by atoms with Crippen molar-refractivity contribution >= 4 is 0 Å². The summed E-state index contributed by atoms with van der Waals surface area (Å²) in [6.07, 6.45) is 5.63. The Morgan fingerprint density at radius 1 is 0.913 bits per heavy atom. The quantitative estimate of drug-likeness (QED) is 0.790. The molecule has 2 aliphatic rings. The third kappa shape index (κ3) is 5.61. The molecule has 0 radical (unpaired) electrons. The van der Waals surface area contributed by atoms with Crippen LogP contribution >= 0.6 is 0 Å². The van der Waals surface area contributed by atoms with Gasteiger partial charge in [0.1, 0.15) is 0 Å². The van der Waals surface area contributed by atoms with Gasteiger partial charge in [-0.15, -0.1) is 0 Å². The normalized spacial score (nSPS) is 23.1. The van der Waals surface area contributed by atoms with E-state index in [2.05, 4.69) is 54.0 Å². The summed E-state index contributed by atoms with van der Waals surface area (Å²) in [6.45, 7) is 15.0.